The molecule has 1 N–H and O–H groups in total. The van der Waals surface area contributed by atoms with Crippen LogP contribution in [0.15, 0.2) is 30.3 Å². The lowest BCUT2D eigenvalue weighted by Gasteiger charge is -2.16. The van der Waals surface area contributed by atoms with E-state index in [1.54, 1.807) is 0 Å². The van der Waals surface area contributed by atoms with Crippen LogP contribution < -0.4 is 5.32 Å². The van der Waals surface area contributed by atoms with Crippen molar-refractivity contribution >= 4 is 33.1 Å². The normalized spacial score (nSPS) is 12.7. The Labute approximate surface area is 124 Å². The number of rotatable bonds is 8. The quantitative estimate of drug-likeness (QED) is 0.581. The molecule has 0 saturated carbocycles. The number of benzene rings is 1. The predicted molar refractivity (Wildman–Crippen MR) is 79.8 cm³/mol. The smallest absolute Gasteiger partial charge is 0.311 e. The molecule has 0 bridgehead atoms. The van der Waals surface area contributed by atoms with Crippen LogP contribution in [0.5, 0.6) is 0 Å². The highest BCUT2D eigenvalue weighted by Gasteiger charge is 2.25. The number of esters is 1. The summed E-state index contributed by atoms with van der Waals surface area (Å²) in [5.74, 6) is -1.71. The molecule has 112 valence electrons. The van der Waals surface area contributed by atoms with Crippen molar-refractivity contribution in [3.8, 4) is 0 Å². The first-order valence-electron chi connectivity index (χ1n) is 6.11. The number of hydrogen-bond donors (Lipinski definition) is 1. The Balaban J connectivity index is 2.68. The number of nitrogens with one attached hydrogen (secondary N) is 1. The molecule has 0 spiro atoms. The van der Waals surface area contributed by atoms with Crippen LogP contribution in [0.1, 0.15) is 0 Å². The van der Waals surface area contributed by atoms with Crippen molar-refractivity contribution in [2.24, 2.45) is 5.92 Å². The topological polar surface area (TPSA) is 72.5 Å². The number of alkyl halides is 1. The summed E-state index contributed by atoms with van der Waals surface area (Å²) in [6, 6.07) is 9.23. The number of carbonyl (C=O) groups excluding carboxylic acids is 1. The van der Waals surface area contributed by atoms with Crippen LogP contribution >= 0.6 is 11.6 Å². The second-order valence-corrected chi connectivity index (χ2v) is 6.88. The third kappa shape index (κ3) is 5.79. The predicted octanol–water partition coefficient (Wildman–Crippen LogP) is 1.54. The minimum atomic E-state index is -3.36. The van der Waals surface area contributed by atoms with Gasteiger partial charge in [-0.2, -0.15) is 0 Å². The van der Waals surface area contributed by atoms with Crippen LogP contribution in [-0.4, -0.2) is 45.4 Å². The number of halogens is 1. The Kier molecular flexibility index (Phi) is 6.81. The van der Waals surface area contributed by atoms with Gasteiger partial charge in [0.05, 0.1) is 24.5 Å². The number of methoxy groups -OCH3 is 1. The molecule has 0 saturated heterocycles. The van der Waals surface area contributed by atoms with Gasteiger partial charge in [0.1, 0.15) is 0 Å². The van der Waals surface area contributed by atoms with E-state index in [9.17, 15) is 13.2 Å². The van der Waals surface area contributed by atoms with Crippen molar-refractivity contribution in [3.05, 3.63) is 30.3 Å². The molecule has 1 atom stereocenters. The van der Waals surface area contributed by atoms with Crippen molar-refractivity contribution in [2.45, 2.75) is 0 Å². The Hall–Kier alpha value is -1.27. The average molecular weight is 320 g/mol. The lowest BCUT2D eigenvalue weighted by molar-refractivity contribution is -0.144. The molecule has 1 unspecified atom stereocenters. The zero-order valence-corrected chi connectivity index (χ0v) is 12.8. The van der Waals surface area contributed by atoms with Gasteiger partial charge >= 0.3 is 5.97 Å². The van der Waals surface area contributed by atoms with Crippen molar-refractivity contribution in [3.63, 3.8) is 0 Å². The number of hydrogen-bond acceptors (Lipinski definition) is 5. The van der Waals surface area contributed by atoms with Gasteiger partial charge in [0.2, 0.25) is 0 Å². The fraction of sp³-hybridized carbons (Fsp3) is 0.462. The van der Waals surface area contributed by atoms with Crippen molar-refractivity contribution in [2.75, 3.05) is 36.4 Å². The van der Waals surface area contributed by atoms with Gasteiger partial charge in [0.15, 0.2) is 9.84 Å². The molecular formula is C13H18ClNO4S. The van der Waals surface area contributed by atoms with Crippen molar-refractivity contribution in [1.82, 2.24) is 0 Å². The number of ether oxygens (including phenoxy) is 1. The molecule has 1 rings (SSSR count). The van der Waals surface area contributed by atoms with Crippen molar-refractivity contribution in [1.29, 1.82) is 0 Å². The molecule has 0 fully saturated rings. The molecule has 0 aliphatic carbocycles. The summed E-state index contributed by atoms with van der Waals surface area (Å²) in [7, 11) is -2.12. The van der Waals surface area contributed by atoms with Gasteiger partial charge in [-0.1, -0.05) is 18.2 Å². The third-order valence-corrected chi connectivity index (χ3v) is 4.85. The van der Waals surface area contributed by atoms with E-state index in [1.165, 1.54) is 7.11 Å². The minimum absolute atomic E-state index is 0.0162. The van der Waals surface area contributed by atoms with Gasteiger partial charge < -0.3 is 10.1 Å². The van der Waals surface area contributed by atoms with E-state index in [2.05, 4.69) is 10.1 Å². The Bertz CT molecular complexity index is 518. The highest BCUT2D eigenvalue weighted by Crippen LogP contribution is 2.10. The highest BCUT2D eigenvalue weighted by molar-refractivity contribution is 7.91. The minimum Gasteiger partial charge on any atom is -0.469 e. The van der Waals surface area contributed by atoms with Gasteiger partial charge in [-0.25, -0.2) is 8.42 Å². The zero-order chi connectivity index (χ0) is 15.0. The van der Waals surface area contributed by atoms with E-state index in [0.717, 1.165) is 5.69 Å². The average Bonchev–Trinajstić information content (AvgIpc) is 2.43. The van der Waals surface area contributed by atoms with Gasteiger partial charge in [0, 0.05) is 18.1 Å². The third-order valence-electron chi connectivity index (χ3n) is 2.70. The van der Waals surface area contributed by atoms with Gasteiger partial charge in [-0.05, 0) is 12.1 Å². The summed E-state index contributed by atoms with van der Waals surface area (Å²) >= 11 is 5.44. The first kappa shape index (κ1) is 16.8. The maximum Gasteiger partial charge on any atom is 0.311 e. The SMILES string of the molecule is COC(=O)C(CNc1ccccc1)CS(=O)(=O)CCCl. The van der Waals surface area contributed by atoms with Crippen LogP contribution in [-0.2, 0) is 19.4 Å². The summed E-state index contributed by atoms with van der Waals surface area (Å²) in [4.78, 5) is 11.7. The van der Waals surface area contributed by atoms with E-state index < -0.39 is 21.7 Å². The van der Waals surface area contributed by atoms with Crippen LogP contribution in [0.3, 0.4) is 0 Å². The standard InChI is InChI=1S/C13H18ClNO4S/c1-19-13(16)11(10-20(17,18)8-7-14)9-15-12-5-3-2-4-6-12/h2-6,11,15H,7-10H2,1H3. The van der Waals surface area contributed by atoms with Crippen molar-refractivity contribution < 1.29 is 17.9 Å². The molecule has 0 aliphatic rings. The molecule has 7 heteroatoms. The highest BCUT2D eigenvalue weighted by atomic mass is 35.5. The second kappa shape index (κ2) is 8.11. The van der Waals surface area contributed by atoms with Gasteiger partial charge in [0.25, 0.3) is 0 Å². The number of anilines is 1. The van der Waals surface area contributed by atoms with Gasteiger partial charge in [-0.3, -0.25) is 4.79 Å². The summed E-state index contributed by atoms with van der Waals surface area (Å²) in [6.45, 7) is 0.193. The Morgan fingerprint density at radius 1 is 1.35 bits per heavy atom. The lowest BCUT2D eigenvalue weighted by Crippen LogP contribution is -2.32. The fourth-order valence-electron chi connectivity index (χ4n) is 1.68. The van der Waals surface area contributed by atoms with E-state index in [1.807, 2.05) is 30.3 Å². The molecule has 0 aromatic heterocycles. The fourth-order valence-corrected chi connectivity index (χ4v) is 3.66. The lowest BCUT2D eigenvalue weighted by atomic mass is 10.2. The van der Waals surface area contributed by atoms with Crippen LogP contribution in [0.25, 0.3) is 0 Å². The molecule has 1 aromatic carbocycles. The molecular weight excluding hydrogens is 302 g/mol. The molecule has 0 amide bonds. The molecule has 0 heterocycles. The first-order valence-corrected chi connectivity index (χ1v) is 8.47. The summed E-state index contributed by atoms with van der Waals surface area (Å²) in [5, 5.41) is 3.03. The number of sulfone groups is 1. The van der Waals surface area contributed by atoms with E-state index in [0.29, 0.717) is 0 Å². The van der Waals surface area contributed by atoms with E-state index in [-0.39, 0.29) is 23.9 Å². The monoisotopic (exact) mass is 319 g/mol. The molecule has 0 radical (unpaired) electrons. The molecule has 0 aliphatic heterocycles. The largest absolute Gasteiger partial charge is 0.469 e. The van der Waals surface area contributed by atoms with Crippen LogP contribution in [0.4, 0.5) is 5.69 Å². The molecule has 20 heavy (non-hydrogen) atoms. The van der Waals surface area contributed by atoms with E-state index >= 15 is 0 Å². The van der Waals surface area contributed by atoms with Gasteiger partial charge in [-0.15, -0.1) is 11.6 Å². The molecule has 1 aromatic rings. The number of para-hydroxylation sites is 1. The first-order chi connectivity index (χ1) is 9.48. The summed E-state index contributed by atoms with van der Waals surface area (Å²) in [6.07, 6.45) is 0. The maximum atomic E-state index is 11.8. The van der Waals surface area contributed by atoms with Crippen LogP contribution in [0, 0.1) is 5.92 Å². The van der Waals surface area contributed by atoms with Crippen LogP contribution in [0.2, 0.25) is 0 Å². The number of carbonyl (C=O) groups is 1. The zero-order valence-electron chi connectivity index (χ0n) is 11.2. The Morgan fingerprint density at radius 2 is 2.00 bits per heavy atom. The summed E-state index contributed by atoms with van der Waals surface area (Å²) < 4.78 is 28.2. The molecule has 5 nitrogen and oxygen atoms in total. The second-order valence-electron chi connectivity index (χ2n) is 4.27. The van der Waals surface area contributed by atoms with E-state index in [4.69, 9.17) is 11.6 Å². The Morgan fingerprint density at radius 3 is 2.55 bits per heavy atom. The summed E-state index contributed by atoms with van der Waals surface area (Å²) in [5.41, 5.74) is 0.816. The maximum absolute atomic E-state index is 11.8.